The van der Waals surface area contributed by atoms with Crippen molar-refractivity contribution in [2.75, 3.05) is 12.0 Å². The summed E-state index contributed by atoms with van der Waals surface area (Å²) in [6.45, 7) is 4.19. The molecular formula is C24H27N7O6S2. The topological polar surface area (TPSA) is 166 Å². The lowest BCUT2D eigenvalue weighted by Crippen LogP contribution is -2.44. The molecule has 0 aliphatic carbocycles. The number of piperidine rings is 1. The molecular weight excluding hydrogens is 546 g/mol. The van der Waals surface area contributed by atoms with Crippen LogP contribution in [0.15, 0.2) is 68.8 Å². The number of anilines is 1. The van der Waals surface area contributed by atoms with Crippen LogP contribution in [0.1, 0.15) is 32.3 Å². The summed E-state index contributed by atoms with van der Waals surface area (Å²) < 4.78 is 30.3. The maximum atomic E-state index is 13.6. The van der Waals surface area contributed by atoms with Crippen LogP contribution in [-0.4, -0.2) is 50.9 Å². The molecule has 13 nitrogen and oxygen atoms in total. The van der Waals surface area contributed by atoms with E-state index >= 15 is 0 Å². The van der Waals surface area contributed by atoms with E-state index in [1.54, 1.807) is 36.1 Å². The Balaban J connectivity index is 1.61. The van der Waals surface area contributed by atoms with Gasteiger partial charge in [0.15, 0.2) is 5.16 Å². The largest absolute Gasteiger partial charge is 0.329 e. The Hall–Kier alpha value is -3.82. The second kappa shape index (κ2) is 11.5. The van der Waals surface area contributed by atoms with Gasteiger partial charge in [0, 0.05) is 55.8 Å². The molecule has 1 aliphatic rings. The van der Waals surface area contributed by atoms with Crippen LogP contribution >= 0.6 is 11.8 Å². The van der Waals surface area contributed by atoms with Crippen LogP contribution in [0.5, 0.6) is 0 Å². The zero-order valence-corrected chi connectivity index (χ0v) is 23.1. The summed E-state index contributed by atoms with van der Waals surface area (Å²) in [4.78, 5) is 26.2. The van der Waals surface area contributed by atoms with Crippen molar-refractivity contribution < 1.29 is 18.3 Å². The van der Waals surface area contributed by atoms with Gasteiger partial charge in [0.2, 0.25) is 10.0 Å². The number of nitro groups is 2. The zero-order chi connectivity index (χ0) is 28.3. The van der Waals surface area contributed by atoms with Crippen molar-refractivity contribution in [3.05, 3.63) is 74.6 Å². The van der Waals surface area contributed by atoms with Crippen LogP contribution in [0, 0.1) is 26.1 Å². The Morgan fingerprint density at radius 1 is 1.15 bits per heavy atom. The first-order valence-electron chi connectivity index (χ1n) is 12.0. The number of hydrogen-bond donors (Lipinski definition) is 1. The van der Waals surface area contributed by atoms with E-state index in [9.17, 15) is 28.6 Å². The van der Waals surface area contributed by atoms with Gasteiger partial charge in [-0.1, -0.05) is 13.0 Å². The van der Waals surface area contributed by atoms with Crippen molar-refractivity contribution in [2.45, 2.75) is 47.7 Å². The summed E-state index contributed by atoms with van der Waals surface area (Å²) in [5.74, 6) is 0.372. The minimum atomic E-state index is -4.08. The first-order valence-corrected chi connectivity index (χ1v) is 14.3. The highest BCUT2D eigenvalue weighted by Gasteiger charge is 2.35. The minimum absolute atomic E-state index is 0.0547. The molecule has 2 unspecified atom stereocenters. The number of aryl methyl sites for hydroxylation is 1. The van der Waals surface area contributed by atoms with Crippen molar-refractivity contribution in [2.24, 2.45) is 18.1 Å². The molecule has 1 fully saturated rings. The molecule has 0 saturated carbocycles. The smallest absolute Gasteiger partial charge is 0.283 e. The summed E-state index contributed by atoms with van der Waals surface area (Å²) in [5, 5.41) is 27.8. The van der Waals surface area contributed by atoms with E-state index in [4.69, 9.17) is 0 Å². The Morgan fingerprint density at radius 3 is 2.56 bits per heavy atom. The fourth-order valence-electron chi connectivity index (χ4n) is 4.37. The normalized spacial score (nSPS) is 18.3. The molecule has 39 heavy (non-hydrogen) atoms. The van der Waals surface area contributed by atoms with Gasteiger partial charge >= 0.3 is 0 Å². The number of hydrazone groups is 1. The lowest BCUT2D eigenvalue weighted by atomic mass is 9.95. The van der Waals surface area contributed by atoms with E-state index in [-0.39, 0.29) is 28.0 Å². The van der Waals surface area contributed by atoms with E-state index in [1.165, 1.54) is 28.7 Å². The van der Waals surface area contributed by atoms with Gasteiger partial charge in [0.05, 0.1) is 26.6 Å². The predicted molar refractivity (Wildman–Crippen MR) is 146 cm³/mol. The molecule has 2 heterocycles. The van der Waals surface area contributed by atoms with E-state index < -0.39 is 19.9 Å². The first-order chi connectivity index (χ1) is 18.5. The molecule has 1 N–H and O–H groups in total. The first kappa shape index (κ1) is 28.2. The average Bonchev–Trinajstić information content (AvgIpc) is 3.28. The van der Waals surface area contributed by atoms with E-state index in [0.29, 0.717) is 40.9 Å². The number of imidazole rings is 1. The molecule has 4 rings (SSSR count). The molecule has 3 aromatic rings. The number of rotatable bonds is 9. The molecule has 0 amide bonds. The van der Waals surface area contributed by atoms with Crippen LogP contribution < -0.4 is 5.43 Å². The van der Waals surface area contributed by atoms with Gasteiger partial charge in [-0.2, -0.15) is 9.41 Å². The number of non-ortho nitro benzene ring substituents is 1. The predicted octanol–water partition coefficient (Wildman–Crippen LogP) is 4.64. The van der Waals surface area contributed by atoms with E-state index in [2.05, 4.69) is 22.4 Å². The minimum Gasteiger partial charge on any atom is -0.329 e. The Bertz CT molecular complexity index is 1540. The fraction of sp³-hybridized carbons (Fsp3) is 0.333. The molecule has 15 heteroatoms. The number of nitro benzene ring substituents is 2. The number of nitrogens with zero attached hydrogens (tertiary/aromatic N) is 6. The molecule has 0 radical (unpaired) electrons. The highest BCUT2D eigenvalue weighted by atomic mass is 32.2. The Labute approximate surface area is 229 Å². The summed E-state index contributed by atoms with van der Waals surface area (Å²) in [6.07, 6.45) is 6.01. The second-order valence-corrected chi connectivity index (χ2v) is 12.2. The summed E-state index contributed by atoms with van der Waals surface area (Å²) >= 11 is 1.15. The van der Waals surface area contributed by atoms with Crippen LogP contribution in [-0.2, 0) is 17.1 Å². The highest BCUT2D eigenvalue weighted by molar-refractivity contribution is 7.99. The van der Waals surface area contributed by atoms with Crippen molar-refractivity contribution in [1.29, 1.82) is 0 Å². The van der Waals surface area contributed by atoms with Crippen molar-refractivity contribution >= 4 is 45.1 Å². The maximum absolute atomic E-state index is 13.6. The van der Waals surface area contributed by atoms with Gasteiger partial charge in [-0.3, -0.25) is 25.7 Å². The summed E-state index contributed by atoms with van der Waals surface area (Å²) in [5.41, 5.74) is 2.60. The Morgan fingerprint density at radius 2 is 1.92 bits per heavy atom. The van der Waals surface area contributed by atoms with Gasteiger partial charge < -0.3 is 4.57 Å². The van der Waals surface area contributed by atoms with E-state index in [1.807, 2.05) is 6.92 Å². The molecule has 206 valence electrons. The molecule has 0 spiro atoms. The molecule has 1 aliphatic heterocycles. The SMILES string of the molecule is CC1CCN(S(=O)(=O)c2cc([N+](=O)[O-])ccc2NN=Cc2ccc(Sc3nccn3C)c([N+](=O)[O-])c2)C(C)C1. The maximum Gasteiger partial charge on any atom is 0.283 e. The van der Waals surface area contributed by atoms with Crippen LogP contribution in [0.4, 0.5) is 17.1 Å². The van der Waals surface area contributed by atoms with Gasteiger partial charge in [0.25, 0.3) is 11.4 Å². The third kappa shape index (κ3) is 6.26. The molecule has 0 bridgehead atoms. The van der Waals surface area contributed by atoms with Crippen molar-refractivity contribution in [3.8, 4) is 0 Å². The zero-order valence-electron chi connectivity index (χ0n) is 21.4. The van der Waals surface area contributed by atoms with Crippen molar-refractivity contribution in [3.63, 3.8) is 0 Å². The van der Waals surface area contributed by atoms with Gasteiger partial charge in [0.1, 0.15) is 4.90 Å². The van der Waals surface area contributed by atoms with Crippen molar-refractivity contribution in [1.82, 2.24) is 13.9 Å². The van der Waals surface area contributed by atoms with E-state index in [0.717, 1.165) is 17.8 Å². The van der Waals surface area contributed by atoms with Crippen LogP contribution in [0.25, 0.3) is 0 Å². The standard InChI is InChI=1S/C24H27N7O6S2/c1-16-8-10-29(17(2)12-16)39(36,37)23-14-19(30(32)33)5-6-20(23)27-26-15-18-4-7-22(21(13-18)31(34)35)38-24-25-9-11-28(24)3/h4-7,9,11,13-17,27H,8,10,12H2,1-3H3. The average molecular weight is 574 g/mol. The number of hydrogen-bond acceptors (Lipinski definition) is 10. The monoisotopic (exact) mass is 573 g/mol. The third-order valence-corrected chi connectivity index (χ3v) is 9.59. The lowest BCUT2D eigenvalue weighted by Gasteiger charge is -2.35. The molecule has 1 aromatic heterocycles. The third-order valence-electron chi connectivity index (χ3n) is 6.40. The highest BCUT2D eigenvalue weighted by Crippen LogP contribution is 2.35. The molecule has 1 saturated heterocycles. The fourth-order valence-corrected chi connectivity index (χ4v) is 7.08. The van der Waals surface area contributed by atoms with Crippen LogP contribution in [0.3, 0.4) is 0 Å². The van der Waals surface area contributed by atoms with Gasteiger partial charge in [-0.05, 0) is 49.6 Å². The summed E-state index contributed by atoms with van der Waals surface area (Å²) in [7, 11) is -2.29. The molecule has 2 atom stereocenters. The Kier molecular flexibility index (Phi) is 8.32. The lowest BCUT2D eigenvalue weighted by molar-refractivity contribution is -0.387. The van der Waals surface area contributed by atoms with Gasteiger partial charge in [-0.15, -0.1) is 0 Å². The number of nitrogens with one attached hydrogen (secondary N) is 1. The summed E-state index contributed by atoms with van der Waals surface area (Å²) in [6, 6.07) is 7.79. The number of benzene rings is 2. The van der Waals surface area contributed by atoms with Gasteiger partial charge in [-0.25, -0.2) is 13.4 Å². The number of sulfonamides is 1. The van der Waals surface area contributed by atoms with Crippen LogP contribution in [0.2, 0.25) is 0 Å². The quantitative estimate of drug-likeness (QED) is 0.218. The number of aromatic nitrogens is 2. The molecule has 2 aromatic carbocycles. The second-order valence-electron chi connectivity index (χ2n) is 9.31.